The highest BCUT2D eigenvalue weighted by Gasteiger charge is 2.09. The molecule has 92 valence electrons. The summed E-state index contributed by atoms with van der Waals surface area (Å²) in [7, 11) is 0. The molecule has 2 aromatic carbocycles. The molecule has 0 heterocycles. The van der Waals surface area contributed by atoms with E-state index < -0.39 is 0 Å². The third kappa shape index (κ3) is 3.26. The molecule has 0 aliphatic carbocycles. The van der Waals surface area contributed by atoms with Crippen LogP contribution in [0.2, 0.25) is 0 Å². The topological polar surface area (TPSA) is 17.1 Å². The Hall–Kier alpha value is -1.48. The van der Waals surface area contributed by atoms with E-state index in [9.17, 15) is 9.18 Å². The summed E-state index contributed by atoms with van der Waals surface area (Å²) in [6, 6.07) is 11.7. The quantitative estimate of drug-likeness (QED) is 0.772. The smallest absolute Gasteiger partial charge is 0.167 e. The van der Waals surface area contributed by atoms with Crippen molar-refractivity contribution in [2.45, 2.75) is 13.3 Å². The van der Waals surface area contributed by atoms with Gasteiger partial charge < -0.3 is 0 Å². The van der Waals surface area contributed by atoms with E-state index in [1.807, 2.05) is 19.1 Å². The first kappa shape index (κ1) is 13.0. The van der Waals surface area contributed by atoms with E-state index in [0.717, 1.165) is 10.0 Å². The molecular weight excluding hydrogens is 295 g/mol. The zero-order valence-corrected chi connectivity index (χ0v) is 11.5. The van der Waals surface area contributed by atoms with Gasteiger partial charge in [0.1, 0.15) is 5.82 Å². The monoisotopic (exact) mass is 306 g/mol. The van der Waals surface area contributed by atoms with Crippen LogP contribution in [-0.4, -0.2) is 5.78 Å². The predicted molar refractivity (Wildman–Crippen MR) is 73.3 cm³/mol. The second-order valence-corrected chi connectivity index (χ2v) is 5.16. The van der Waals surface area contributed by atoms with Gasteiger partial charge in [-0.1, -0.05) is 28.1 Å². The number of carbonyl (C=O) groups is 1. The molecule has 0 aromatic heterocycles. The number of ketones is 1. The van der Waals surface area contributed by atoms with E-state index in [4.69, 9.17) is 0 Å². The molecule has 0 aliphatic heterocycles. The summed E-state index contributed by atoms with van der Waals surface area (Å²) in [6.07, 6.45) is 0.216. The summed E-state index contributed by atoms with van der Waals surface area (Å²) in [4.78, 5) is 12.1. The highest BCUT2D eigenvalue weighted by atomic mass is 79.9. The number of carbonyl (C=O) groups excluding carboxylic acids is 1. The van der Waals surface area contributed by atoms with Crippen LogP contribution in [0.25, 0.3) is 0 Å². The van der Waals surface area contributed by atoms with Gasteiger partial charge in [0.15, 0.2) is 5.78 Å². The van der Waals surface area contributed by atoms with Crippen molar-refractivity contribution in [2.75, 3.05) is 0 Å². The molecule has 0 amide bonds. The Balaban J connectivity index is 2.22. The summed E-state index contributed by atoms with van der Waals surface area (Å²) < 4.78 is 13.9. The van der Waals surface area contributed by atoms with E-state index in [0.29, 0.717) is 11.1 Å². The van der Waals surface area contributed by atoms with E-state index in [1.165, 1.54) is 12.1 Å². The average Bonchev–Trinajstić information content (AvgIpc) is 2.27. The lowest BCUT2D eigenvalue weighted by Crippen LogP contribution is -2.04. The maximum atomic E-state index is 13.0. The Morgan fingerprint density at radius 3 is 2.67 bits per heavy atom. The normalized spacial score (nSPS) is 10.4. The Bertz CT molecular complexity index is 573. The van der Waals surface area contributed by atoms with Crippen molar-refractivity contribution in [1.82, 2.24) is 0 Å². The maximum absolute atomic E-state index is 13.0. The van der Waals surface area contributed by atoms with Crippen molar-refractivity contribution in [3.63, 3.8) is 0 Å². The van der Waals surface area contributed by atoms with E-state index in [2.05, 4.69) is 15.9 Å². The van der Waals surface area contributed by atoms with Crippen LogP contribution in [-0.2, 0) is 6.42 Å². The Morgan fingerprint density at radius 2 is 2.00 bits per heavy atom. The molecule has 3 heteroatoms. The number of hydrogen-bond donors (Lipinski definition) is 0. The third-order valence-corrected chi connectivity index (χ3v) is 3.08. The molecule has 0 N–H and O–H groups in total. The lowest BCUT2D eigenvalue weighted by molar-refractivity contribution is 0.0993. The molecule has 18 heavy (non-hydrogen) atoms. The first-order valence-electron chi connectivity index (χ1n) is 5.59. The average molecular weight is 307 g/mol. The van der Waals surface area contributed by atoms with Gasteiger partial charge in [0.25, 0.3) is 0 Å². The van der Waals surface area contributed by atoms with E-state index in [1.54, 1.807) is 18.2 Å². The van der Waals surface area contributed by atoms with Crippen molar-refractivity contribution >= 4 is 21.7 Å². The molecule has 2 aromatic rings. The highest BCUT2D eigenvalue weighted by Crippen LogP contribution is 2.17. The number of halogens is 2. The lowest BCUT2D eigenvalue weighted by atomic mass is 10.0. The maximum Gasteiger partial charge on any atom is 0.167 e. The van der Waals surface area contributed by atoms with Gasteiger partial charge in [0.05, 0.1) is 0 Å². The van der Waals surface area contributed by atoms with Gasteiger partial charge in [-0.05, 0) is 48.4 Å². The minimum atomic E-state index is -0.314. The predicted octanol–water partition coefficient (Wildman–Crippen LogP) is 4.32. The number of hydrogen-bond acceptors (Lipinski definition) is 1. The Kier molecular flexibility index (Phi) is 3.92. The van der Waals surface area contributed by atoms with Gasteiger partial charge in [-0.25, -0.2) is 4.39 Å². The Morgan fingerprint density at radius 1 is 1.22 bits per heavy atom. The summed E-state index contributed by atoms with van der Waals surface area (Å²) in [5, 5.41) is 0. The fourth-order valence-electron chi connectivity index (χ4n) is 1.83. The lowest BCUT2D eigenvalue weighted by Gasteiger charge is -2.04. The molecule has 1 nitrogen and oxygen atoms in total. The van der Waals surface area contributed by atoms with Gasteiger partial charge in [0.2, 0.25) is 0 Å². The number of Topliss-reactive ketones (excluding diaryl/α,β-unsaturated/α-hetero) is 1. The molecule has 0 saturated heterocycles. The number of aryl methyl sites for hydroxylation is 1. The standard InChI is InChI=1S/C15H12BrFO/c1-10-5-12(9-13(16)6-10)15(18)8-11-3-2-4-14(17)7-11/h2-7,9H,8H2,1H3. The SMILES string of the molecule is Cc1cc(Br)cc(C(=O)Cc2cccc(F)c2)c1. The molecule has 0 saturated carbocycles. The van der Waals surface area contributed by atoms with Gasteiger partial charge in [-0.3, -0.25) is 4.79 Å². The van der Waals surface area contributed by atoms with Crippen LogP contribution in [0.4, 0.5) is 4.39 Å². The third-order valence-electron chi connectivity index (χ3n) is 2.62. The van der Waals surface area contributed by atoms with Gasteiger partial charge in [0, 0.05) is 16.5 Å². The van der Waals surface area contributed by atoms with Gasteiger partial charge >= 0.3 is 0 Å². The fraction of sp³-hybridized carbons (Fsp3) is 0.133. The van der Waals surface area contributed by atoms with Crippen molar-refractivity contribution in [1.29, 1.82) is 0 Å². The molecule has 0 unspecified atom stereocenters. The zero-order valence-electron chi connectivity index (χ0n) is 9.91. The largest absolute Gasteiger partial charge is 0.294 e. The number of rotatable bonds is 3. The van der Waals surface area contributed by atoms with E-state index >= 15 is 0 Å². The van der Waals surface area contributed by atoms with Crippen LogP contribution in [0.1, 0.15) is 21.5 Å². The van der Waals surface area contributed by atoms with Crippen LogP contribution in [0, 0.1) is 12.7 Å². The molecule has 0 radical (unpaired) electrons. The van der Waals surface area contributed by atoms with E-state index in [-0.39, 0.29) is 18.0 Å². The first-order chi connectivity index (χ1) is 8.54. The van der Waals surface area contributed by atoms with Crippen molar-refractivity contribution in [3.05, 3.63) is 69.4 Å². The first-order valence-corrected chi connectivity index (χ1v) is 6.39. The molecule has 0 spiro atoms. The second-order valence-electron chi connectivity index (χ2n) is 4.25. The van der Waals surface area contributed by atoms with Gasteiger partial charge in [-0.15, -0.1) is 0 Å². The summed E-state index contributed by atoms with van der Waals surface area (Å²) >= 11 is 3.37. The fourth-order valence-corrected chi connectivity index (χ4v) is 2.44. The summed E-state index contributed by atoms with van der Waals surface area (Å²) in [6.45, 7) is 1.93. The highest BCUT2D eigenvalue weighted by molar-refractivity contribution is 9.10. The van der Waals surface area contributed by atoms with Crippen LogP contribution in [0.15, 0.2) is 46.9 Å². The van der Waals surface area contributed by atoms with Crippen molar-refractivity contribution in [2.24, 2.45) is 0 Å². The molecule has 0 aliphatic rings. The Labute approximate surface area is 114 Å². The van der Waals surface area contributed by atoms with Crippen molar-refractivity contribution in [3.8, 4) is 0 Å². The summed E-state index contributed by atoms with van der Waals surface area (Å²) in [5.41, 5.74) is 2.36. The molecule has 0 fully saturated rings. The molecule has 0 bridgehead atoms. The second kappa shape index (κ2) is 5.44. The van der Waals surface area contributed by atoms with Gasteiger partial charge in [-0.2, -0.15) is 0 Å². The minimum Gasteiger partial charge on any atom is -0.294 e. The molecular formula is C15H12BrFO. The zero-order chi connectivity index (χ0) is 13.1. The van der Waals surface area contributed by atoms with Crippen LogP contribution >= 0.6 is 15.9 Å². The summed E-state index contributed by atoms with van der Waals surface area (Å²) in [5.74, 6) is -0.323. The molecule has 0 atom stereocenters. The van der Waals surface area contributed by atoms with Crippen LogP contribution < -0.4 is 0 Å². The molecule has 2 rings (SSSR count). The minimum absolute atomic E-state index is 0.00926. The van der Waals surface area contributed by atoms with Crippen molar-refractivity contribution < 1.29 is 9.18 Å². The number of benzene rings is 2. The van der Waals surface area contributed by atoms with Crippen LogP contribution in [0.5, 0.6) is 0 Å². The van der Waals surface area contributed by atoms with Crippen LogP contribution in [0.3, 0.4) is 0 Å².